The minimum Gasteiger partial charge on any atom is -0.390 e. The molecule has 1 atom stereocenters. The van der Waals surface area contributed by atoms with Crippen molar-refractivity contribution in [1.29, 1.82) is 0 Å². The number of aryl methyl sites for hydroxylation is 1. The van der Waals surface area contributed by atoms with Crippen molar-refractivity contribution in [2.75, 3.05) is 0 Å². The van der Waals surface area contributed by atoms with Gasteiger partial charge in [0.1, 0.15) is 5.82 Å². The first-order chi connectivity index (χ1) is 8.09. The van der Waals surface area contributed by atoms with Crippen LogP contribution in [0.4, 0.5) is 4.39 Å². The van der Waals surface area contributed by atoms with Gasteiger partial charge < -0.3 is 5.11 Å². The summed E-state index contributed by atoms with van der Waals surface area (Å²) in [5.41, 5.74) is 1.37. The van der Waals surface area contributed by atoms with Crippen molar-refractivity contribution >= 4 is 0 Å². The minimum absolute atomic E-state index is 0.209. The topological polar surface area (TPSA) is 20.2 Å². The van der Waals surface area contributed by atoms with Crippen LogP contribution in [0, 0.1) is 18.2 Å². The van der Waals surface area contributed by atoms with E-state index in [1.807, 2.05) is 13.8 Å². The third-order valence-electron chi connectivity index (χ3n) is 3.30. The highest BCUT2D eigenvalue weighted by Gasteiger charge is 2.24. The van der Waals surface area contributed by atoms with E-state index in [1.54, 1.807) is 6.07 Å². The average Bonchev–Trinajstić information content (AvgIpc) is 2.20. The maximum atomic E-state index is 13.2. The van der Waals surface area contributed by atoms with Crippen LogP contribution in [0.1, 0.15) is 51.7 Å². The van der Waals surface area contributed by atoms with Gasteiger partial charge in [-0.25, -0.2) is 4.39 Å². The van der Waals surface area contributed by atoms with Crippen molar-refractivity contribution < 1.29 is 9.50 Å². The average molecular weight is 252 g/mol. The number of aliphatic hydroxyl groups is 1. The molecule has 2 heteroatoms. The molecule has 1 unspecified atom stereocenters. The molecule has 102 valence electrons. The smallest absolute Gasteiger partial charge is 0.123 e. The van der Waals surface area contributed by atoms with Gasteiger partial charge in [0.05, 0.1) is 5.60 Å². The fourth-order valence-corrected chi connectivity index (χ4v) is 1.97. The van der Waals surface area contributed by atoms with Gasteiger partial charge in [0.15, 0.2) is 0 Å². The number of rotatable bonds is 4. The summed E-state index contributed by atoms with van der Waals surface area (Å²) >= 11 is 0. The minimum atomic E-state index is -0.772. The Bertz CT molecular complexity index is 402. The molecule has 0 bridgehead atoms. The van der Waals surface area contributed by atoms with E-state index in [4.69, 9.17) is 0 Å². The monoisotopic (exact) mass is 252 g/mol. The van der Waals surface area contributed by atoms with Crippen molar-refractivity contribution in [2.24, 2.45) is 5.41 Å². The predicted molar refractivity (Wildman–Crippen MR) is 74.2 cm³/mol. The van der Waals surface area contributed by atoms with Crippen LogP contribution in [0.2, 0.25) is 0 Å². The van der Waals surface area contributed by atoms with Gasteiger partial charge in [0, 0.05) is 6.42 Å². The molecule has 0 saturated heterocycles. The van der Waals surface area contributed by atoms with Crippen LogP contribution in [0.15, 0.2) is 18.2 Å². The van der Waals surface area contributed by atoms with Crippen molar-refractivity contribution in [2.45, 2.75) is 59.5 Å². The maximum absolute atomic E-state index is 13.2. The summed E-state index contributed by atoms with van der Waals surface area (Å²) in [5.74, 6) is -0.234. The molecule has 0 amide bonds. The Balaban J connectivity index is 2.72. The van der Waals surface area contributed by atoms with Gasteiger partial charge in [0.25, 0.3) is 0 Å². The summed E-state index contributed by atoms with van der Waals surface area (Å²) in [5, 5.41) is 10.4. The molecule has 1 aromatic rings. The Morgan fingerprint density at radius 2 is 1.72 bits per heavy atom. The predicted octanol–water partition coefficient (Wildman–Crippen LogP) is 4.25. The van der Waals surface area contributed by atoms with E-state index >= 15 is 0 Å². The van der Waals surface area contributed by atoms with Crippen LogP contribution in [0.5, 0.6) is 0 Å². The van der Waals surface area contributed by atoms with Crippen LogP contribution in [0.25, 0.3) is 0 Å². The second kappa shape index (κ2) is 5.40. The molecule has 1 rings (SSSR count). The quantitative estimate of drug-likeness (QED) is 0.849. The number of hydrogen-bond acceptors (Lipinski definition) is 1. The van der Waals surface area contributed by atoms with Crippen LogP contribution >= 0.6 is 0 Å². The lowest BCUT2D eigenvalue weighted by atomic mass is 9.82. The zero-order valence-corrected chi connectivity index (χ0v) is 12.2. The van der Waals surface area contributed by atoms with Crippen LogP contribution in [-0.2, 0) is 6.42 Å². The van der Waals surface area contributed by atoms with Gasteiger partial charge in [-0.1, -0.05) is 26.8 Å². The molecule has 0 saturated carbocycles. The van der Waals surface area contributed by atoms with E-state index in [-0.39, 0.29) is 11.2 Å². The molecule has 0 heterocycles. The Morgan fingerprint density at radius 3 is 2.28 bits per heavy atom. The third kappa shape index (κ3) is 5.18. The summed E-state index contributed by atoms with van der Waals surface area (Å²) in [6, 6.07) is 4.76. The first kappa shape index (κ1) is 15.2. The molecule has 1 aromatic carbocycles. The van der Waals surface area contributed by atoms with Crippen LogP contribution in [0.3, 0.4) is 0 Å². The SMILES string of the molecule is Cc1ccc(F)cc1CC(C)(O)CCC(C)(C)C. The molecule has 0 radical (unpaired) electrons. The van der Waals surface area contributed by atoms with Gasteiger partial charge in [0.2, 0.25) is 0 Å². The van der Waals surface area contributed by atoms with Crippen LogP contribution < -0.4 is 0 Å². The lowest BCUT2D eigenvalue weighted by molar-refractivity contribution is 0.0394. The maximum Gasteiger partial charge on any atom is 0.123 e. The van der Waals surface area contributed by atoms with Gasteiger partial charge in [-0.2, -0.15) is 0 Å². The second-order valence-corrected chi connectivity index (χ2v) is 6.81. The van der Waals surface area contributed by atoms with Crippen molar-refractivity contribution in [3.8, 4) is 0 Å². The van der Waals surface area contributed by atoms with E-state index in [0.717, 1.165) is 24.0 Å². The van der Waals surface area contributed by atoms with E-state index < -0.39 is 5.60 Å². The molecule has 0 aromatic heterocycles. The largest absolute Gasteiger partial charge is 0.390 e. The molecule has 0 aliphatic heterocycles. The highest BCUT2D eigenvalue weighted by molar-refractivity contribution is 5.27. The zero-order valence-electron chi connectivity index (χ0n) is 12.2. The first-order valence-electron chi connectivity index (χ1n) is 6.56. The van der Waals surface area contributed by atoms with E-state index in [1.165, 1.54) is 12.1 Å². The number of halogens is 1. The molecule has 0 spiro atoms. The molecule has 18 heavy (non-hydrogen) atoms. The Morgan fingerprint density at radius 1 is 1.11 bits per heavy atom. The van der Waals surface area contributed by atoms with Crippen molar-refractivity contribution in [3.63, 3.8) is 0 Å². The molecule has 0 aliphatic carbocycles. The highest BCUT2D eigenvalue weighted by atomic mass is 19.1. The fraction of sp³-hybridized carbons (Fsp3) is 0.625. The van der Waals surface area contributed by atoms with Gasteiger partial charge in [-0.15, -0.1) is 0 Å². The Labute approximate surface area is 110 Å². The van der Waals surface area contributed by atoms with Crippen molar-refractivity contribution in [3.05, 3.63) is 35.1 Å². The Kier molecular flexibility index (Phi) is 4.55. The first-order valence-corrected chi connectivity index (χ1v) is 6.56. The molecule has 1 N–H and O–H groups in total. The van der Waals surface area contributed by atoms with Crippen molar-refractivity contribution in [1.82, 2.24) is 0 Å². The number of hydrogen-bond donors (Lipinski definition) is 1. The zero-order chi connectivity index (χ0) is 14.0. The third-order valence-corrected chi connectivity index (χ3v) is 3.30. The fourth-order valence-electron chi connectivity index (χ4n) is 1.97. The molecule has 1 nitrogen and oxygen atoms in total. The van der Waals surface area contributed by atoms with Gasteiger partial charge >= 0.3 is 0 Å². The number of benzene rings is 1. The lowest BCUT2D eigenvalue weighted by Gasteiger charge is -2.28. The molecular weight excluding hydrogens is 227 g/mol. The summed E-state index contributed by atoms with van der Waals surface area (Å²) < 4.78 is 13.2. The van der Waals surface area contributed by atoms with E-state index in [9.17, 15) is 9.50 Å². The summed E-state index contributed by atoms with van der Waals surface area (Å²) in [4.78, 5) is 0. The van der Waals surface area contributed by atoms with E-state index in [2.05, 4.69) is 20.8 Å². The van der Waals surface area contributed by atoms with Gasteiger partial charge in [-0.05, 0) is 55.4 Å². The summed E-state index contributed by atoms with van der Waals surface area (Å²) in [6.45, 7) is 10.3. The molecular formula is C16H25FO. The Hall–Kier alpha value is -0.890. The second-order valence-electron chi connectivity index (χ2n) is 6.81. The molecule has 0 aliphatic rings. The summed E-state index contributed by atoms with van der Waals surface area (Å²) in [7, 11) is 0. The van der Waals surface area contributed by atoms with Gasteiger partial charge in [-0.3, -0.25) is 0 Å². The highest BCUT2D eigenvalue weighted by Crippen LogP contribution is 2.28. The van der Waals surface area contributed by atoms with Crippen LogP contribution in [-0.4, -0.2) is 10.7 Å². The normalized spacial score (nSPS) is 15.5. The standard InChI is InChI=1S/C16H25FO/c1-12-6-7-14(17)10-13(12)11-16(5,18)9-8-15(2,3)4/h6-7,10,18H,8-9,11H2,1-5H3. The molecule has 0 fully saturated rings. The van der Waals surface area contributed by atoms with E-state index in [0.29, 0.717) is 6.42 Å². The lowest BCUT2D eigenvalue weighted by Crippen LogP contribution is -2.29. The summed E-state index contributed by atoms with van der Waals surface area (Å²) in [6.07, 6.45) is 2.19.